The molecule has 2 spiro atoms. The van der Waals surface area contributed by atoms with Crippen molar-refractivity contribution in [3.63, 3.8) is 0 Å². The third-order valence-electron chi connectivity index (χ3n) is 14.2. The van der Waals surface area contributed by atoms with Crippen molar-refractivity contribution < 1.29 is 23.2 Å². The van der Waals surface area contributed by atoms with E-state index in [4.69, 9.17) is 4.99 Å². The van der Waals surface area contributed by atoms with Crippen LogP contribution in [0.2, 0.25) is 0 Å². The lowest BCUT2D eigenvalue weighted by Crippen LogP contribution is -2.60. The summed E-state index contributed by atoms with van der Waals surface area (Å²) in [5, 5.41) is 2.21. The summed E-state index contributed by atoms with van der Waals surface area (Å²) in [5.74, 6) is -1.78. The van der Waals surface area contributed by atoms with Crippen LogP contribution in [0.15, 0.2) is 58.0 Å². The monoisotopic (exact) mass is 840 g/mol. The van der Waals surface area contributed by atoms with Crippen LogP contribution in [-0.2, 0) is 15.0 Å². The lowest BCUT2D eigenvalue weighted by Gasteiger charge is -2.55. The molecule has 0 bridgehead atoms. The first-order valence-electron chi connectivity index (χ1n) is 20.8. The van der Waals surface area contributed by atoms with Crippen LogP contribution in [0.3, 0.4) is 0 Å². The van der Waals surface area contributed by atoms with Gasteiger partial charge in [0.25, 0.3) is 0 Å². The Kier molecular flexibility index (Phi) is 10.2. The van der Waals surface area contributed by atoms with Crippen LogP contribution in [0.5, 0.6) is 0 Å². The number of halogens is 3. The first-order valence-corrected chi connectivity index (χ1v) is 21.6. The maximum atomic E-state index is 15.2. The van der Waals surface area contributed by atoms with E-state index < -0.39 is 29.4 Å². The Balaban J connectivity index is 0.816. The van der Waals surface area contributed by atoms with E-state index in [1.54, 1.807) is 0 Å². The molecule has 0 radical (unpaired) electrons. The summed E-state index contributed by atoms with van der Waals surface area (Å²) in [5.41, 5.74) is 5.53. The second kappa shape index (κ2) is 15.2. The van der Waals surface area contributed by atoms with E-state index in [-0.39, 0.29) is 29.2 Å². The van der Waals surface area contributed by atoms with Crippen LogP contribution in [0, 0.1) is 23.0 Å². The molecule has 12 heteroatoms. The molecule has 300 valence electrons. The summed E-state index contributed by atoms with van der Waals surface area (Å²) < 4.78 is 31.2. The Morgan fingerprint density at radius 3 is 2.25 bits per heavy atom. The number of piperidine rings is 3. The van der Waals surface area contributed by atoms with Crippen molar-refractivity contribution in [2.45, 2.75) is 82.0 Å². The average molecular weight is 842 g/mol. The molecule has 57 heavy (non-hydrogen) atoms. The summed E-state index contributed by atoms with van der Waals surface area (Å²) in [6.07, 6.45) is 11.3. The first kappa shape index (κ1) is 38.4. The van der Waals surface area contributed by atoms with Crippen LogP contribution in [0.4, 0.5) is 31.5 Å². The summed E-state index contributed by atoms with van der Waals surface area (Å²) in [4.78, 5) is 50.7. The van der Waals surface area contributed by atoms with E-state index in [0.717, 1.165) is 112 Å². The normalized spacial score (nSPS) is 24.2. The Morgan fingerprint density at radius 2 is 1.58 bits per heavy atom. The van der Waals surface area contributed by atoms with Gasteiger partial charge in [-0.2, -0.15) is 0 Å². The SMILES string of the molecule is CN=C1N(c2cccc(Br)c2C=O)c2cc(N3CCC(CN4CCC5(CC4)CN(c4cc(F)c(C6CCC(=O)NC6=O)c(F)c4)C5)CC3)ccc2C12CCCCC2. The minimum atomic E-state index is -0.985. The Hall–Kier alpha value is -4.16. The quantitative estimate of drug-likeness (QED) is 0.190. The average Bonchev–Trinajstić information content (AvgIpc) is 3.45. The molecule has 5 fully saturated rings. The number of amides is 2. The summed E-state index contributed by atoms with van der Waals surface area (Å²) in [7, 11) is 1.90. The summed E-state index contributed by atoms with van der Waals surface area (Å²) >= 11 is 3.63. The number of benzene rings is 3. The second-order valence-corrected chi connectivity index (χ2v) is 18.3. The van der Waals surface area contributed by atoms with E-state index in [1.807, 2.05) is 25.2 Å². The number of nitrogens with zero attached hydrogens (tertiary/aromatic N) is 5. The smallest absolute Gasteiger partial charge is 0.234 e. The van der Waals surface area contributed by atoms with Crippen LogP contribution in [0.25, 0.3) is 0 Å². The number of imide groups is 1. The molecule has 1 unspecified atom stereocenters. The molecule has 5 heterocycles. The van der Waals surface area contributed by atoms with Gasteiger partial charge >= 0.3 is 0 Å². The number of fused-ring (bicyclic) bond motifs is 2. The lowest BCUT2D eigenvalue weighted by molar-refractivity contribution is -0.134. The molecule has 1 aliphatic carbocycles. The topological polar surface area (TPSA) is 88.6 Å². The van der Waals surface area contributed by atoms with Gasteiger partial charge in [-0.3, -0.25) is 29.6 Å². The van der Waals surface area contributed by atoms with Crippen molar-refractivity contribution in [1.82, 2.24) is 10.2 Å². The van der Waals surface area contributed by atoms with Gasteiger partial charge in [-0.1, -0.05) is 31.4 Å². The van der Waals surface area contributed by atoms with Gasteiger partial charge in [0, 0.05) is 73.0 Å². The van der Waals surface area contributed by atoms with Crippen molar-refractivity contribution in [2.75, 3.05) is 67.6 Å². The molecule has 2 amide bonds. The van der Waals surface area contributed by atoms with Crippen LogP contribution >= 0.6 is 15.9 Å². The number of anilines is 4. The number of carbonyl (C=O) groups is 3. The molecule has 0 aromatic heterocycles. The zero-order valence-corrected chi connectivity index (χ0v) is 34.3. The number of hydrogen-bond acceptors (Lipinski definition) is 7. The number of likely N-dealkylation sites (tertiary alicyclic amines) is 1. The van der Waals surface area contributed by atoms with Gasteiger partial charge in [-0.15, -0.1) is 0 Å². The van der Waals surface area contributed by atoms with Gasteiger partial charge in [-0.25, -0.2) is 8.78 Å². The third-order valence-corrected chi connectivity index (χ3v) is 14.9. The predicted octanol–water partition coefficient (Wildman–Crippen LogP) is 8.26. The van der Waals surface area contributed by atoms with E-state index in [1.165, 1.54) is 42.6 Å². The minimum absolute atomic E-state index is 0.0759. The molecule has 1 N–H and O–H groups in total. The molecule has 6 aliphatic rings. The second-order valence-electron chi connectivity index (χ2n) is 17.4. The van der Waals surface area contributed by atoms with E-state index in [0.29, 0.717) is 17.2 Å². The van der Waals surface area contributed by atoms with E-state index in [9.17, 15) is 14.4 Å². The minimum Gasteiger partial charge on any atom is -0.371 e. The van der Waals surface area contributed by atoms with Gasteiger partial charge in [0.1, 0.15) is 17.5 Å². The largest absolute Gasteiger partial charge is 0.371 e. The number of aldehydes is 1. The number of aliphatic imine (C=N–C) groups is 1. The Bertz CT molecular complexity index is 2090. The molecule has 9 rings (SSSR count). The molecule has 9 nitrogen and oxygen atoms in total. The molecular weight excluding hydrogens is 790 g/mol. The predicted molar refractivity (Wildman–Crippen MR) is 223 cm³/mol. The Labute approximate surface area is 342 Å². The number of rotatable bonds is 7. The maximum absolute atomic E-state index is 15.2. The molecule has 5 aliphatic heterocycles. The molecule has 4 saturated heterocycles. The molecule has 3 aromatic carbocycles. The van der Waals surface area contributed by atoms with Gasteiger partial charge in [0.15, 0.2) is 6.29 Å². The van der Waals surface area contributed by atoms with Crippen LogP contribution < -0.4 is 20.0 Å². The fourth-order valence-electron chi connectivity index (χ4n) is 11.1. The molecular formula is C45H51BrF2N6O3. The number of hydrogen-bond donors (Lipinski definition) is 1. The zero-order chi connectivity index (χ0) is 39.5. The molecule has 1 saturated carbocycles. The maximum Gasteiger partial charge on any atom is 0.234 e. The van der Waals surface area contributed by atoms with Gasteiger partial charge in [0.2, 0.25) is 11.8 Å². The number of carbonyl (C=O) groups excluding carboxylic acids is 3. The van der Waals surface area contributed by atoms with E-state index >= 15 is 8.78 Å². The van der Waals surface area contributed by atoms with E-state index in [2.05, 4.69) is 59.0 Å². The van der Waals surface area contributed by atoms with Crippen molar-refractivity contribution in [3.8, 4) is 0 Å². The lowest BCUT2D eigenvalue weighted by atomic mass is 9.70. The van der Waals surface area contributed by atoms with Gasteiger partial charge in [0.05, 0.1) is 28.3 Å². The third kappa shape index (κ3) is 6.78. The summed E-state index contributed by atoms with van der Waals surface area (Å²) in [6.45, 7) is 6.72. The van der Waals surface area contributed by atoms with Crippen LogP contribution in [-0.4, -0.2) is 81.7 Å². The van der Waals surface area contributed by atoms with Crippen molar-refractivity contribution in [1.29, 1.82) is 0 Å². The van der Waals surface area contributed by atoms with Crippen LogP contribution in [0.1, 0.15) is 98.0 Å². The zero-order valence-electron chi connectivity index (χ0n) is 32.7. The highest BCUT2D eigenvalue weighted by atomic mass is 79.9. The fourth-order valence-corrected chi connectivity index (χ4v) is 11.5. The fraction of sp³-hybridized carbons (Fsp3) is 0.511. The van der Waals surface area contributed by atoms with Gasteiger partial charge in [-0.05, 0) is 122 Å². The number of amidine groups is 1. The highest BCUT2D eigenvalue weighted by Crippen LogP contribution is 2.55. The first-order chi connectivity index (χ1) is 27.6. The van der Waals surface area contributed by atoms with Crippen molar-refractivity contribution in [2.24, 2.45) is 16.3 Å². The molecule has 1 atom stereocenters. The molecule has 3 aromatic rings. The Morgan fingerprint density at radius 1 is 0.860 bits per heavy atom. The summed E-state index contributed by atoms with van der Waals surface area (Å²) in [6, 6.07) is 15.7. The number of nitrogens with one attached hydrogen (secondary N) is 1. The highest BCUT2D eigenvalue weighted by molar-refractivity contribution is 9.10. The standard InChI is InChI=1S/C45H51BrF2N6O3/c1-49-43-45(14-3-2-4-15-45)34-10-8-30(24-39(34)54(43)38-7-5-6-35(46)33(38)26-55)52-18-12-29(13-19-52)25-51-20-16-44(17-21-51)27-53(28-44)31-22-36(47)41(37(48)23-31)32-9-11-40(56)50-42(32)57/h5-8,10,22-24,26,29,32H,2-4,9,11-21,25,27-28H2,1H3,(H,50,56,57). The van der Waals surface area contributed by atoms with Gasteiger partial charge < -0.3 is 14.7 Å². The van der Waals surface area contributed by atoms with Crippen molar-refractivity contribution in [3.05, 3.63) is 81.3 Å². The van der Waals surface area contributed by atoms with Crippen molar-refractivity contribution >= 4 is 62.6 Å². The highest BCUT2D eigenvalue weighted by Gasteiger charge is 2.50.